The Morgan fingerprint density at radius 2 is 1.23 bits per heavy atom. The second-order valence-corrected chi connectivity index (χ2v) is 5.96. The van der Waals surface area contributed by atoms with Crippen LogP contribution in [0.5, 0.6) is 11.5 Å². The number of methoxy groups -OCH3 is 2. The van der Waals surface area contributed by atoms with Crippen LogP contribution < -0.4 is 9.47 Å². The first kappa shape index (κ1) is 22.4. The van der Waals surface area contributed by atoms with Gasteiger partial charge in [-0.2, -0.15) is 0 Å². The van der Waals surface area contributed by atoms with Crippen LogP contribution in [0.4, 0.5) is 0 Å². The number of hydrogen-bond donors (Lipinski definition) is 3. The lowest BCUT2D eigenvalue weighted by Crippen LogP contribution is -2.61. The molecule has 2 aromatic carbocycles. The number of esters is 1. The zero-order valence-corrected chi connectivity index (χ0v) is 15.9. The summed E-state index contributed by atoms with van der Waals surface area (Å²) in [5.41, 5.74) is -3.94. The van der Waals surface area contributed by atoms with Crippen molar-refractivity contribution in [1.29, 1.82) is 0 Å². The van der Waals surface area contributed by atoms with Gasteiger partial charge in [0.1, 0.15) is 11.5 Å². The van der Waals surface area contributed by atoms with Crippen LogP contribution in [0, 0.1) is 0 Å². The lowest BCUT2D eigenvalue weighted by Gasteiger charge is -2.30. The van der Waals surface area contributed by atoms with Crippen molar-refractivity contribution in [3.05, 3.63) is 59.7 Å². The molecule has 0 radical (unpaired) electrons. The van der Waals surface area contributed by atoms with E-state index in [4.69, 9.17) is 14.2 Å². The summed E-state index contributed by atoms with van der Waals surface area (Å²) in [6.07, 6.45) is -2.88. The molecular formula is C20H18O10. The molecule has 2 unspecified atom stereocenters. The molecule has 0 saturated heterocycles. The van der Waals surface area contributed by atoms with Crippen molar-refractivity contribution in [2.45, 2.75) is 11.7 Å². The lowest BCUT2D eigenvalue weighted by atomic mass is 9.86. The van der Waals surface area contributed by atoms with Crippen LogP contribution in [0.3, 0.4) is 0 Å². The number of ether oxygens (including phenoxy) is 3. The number of hydrogen-bond acceptors (Lipinski definition) is 8. The van der Waals surface area contributed by atoms with Gasteiger partial charge in [-0.3, -0.25) is 4.79 Å². The largest absolute Gasteiger partial charge is 0.497 e. The maximum absolute atomic E-state index is 13.0. The van der Waals surface area contributed by atoms with Crippen LogP contribution in [-0.2, 0) is 14.3 Å². The molecule has 0 aliphatic rings. The van der Waals surface area contributed by atoms with Crippen LogP contribution in [0.2, 0.25) is 0 Å². The average molecular weight is 418 g/mol. The minimum Gasteiger partial charge on any atom is -0.497 e. The van der Waals surface area contributed by atoms with Gasteiger partial charge in [0.15, 0.2) is 0 Å². The van der Waals surface area contributed by atoms with Gasteiger partial charge in [0.2, 0.25) is 11.9 Å². The molecule has 2 atom stereocenters. The molecule has 158 valence electrons. The SMILES string of the molecule is COc1ccc(C(=O)OC(C(=O)O)(C(=O)c2ccc(OC)cc2)C(O)C(=O)O)cc1. The van der Waals surface area contributed by atoms with Gasteiger partial charge in [-0.15, -0.1) is 0 Å². The fourth-order valence-corrected chi connectivity index (χ4v) is 2.55. The van der Waals surface area contributed by atoms with E-state index < -0.39 is 35.4 Å². The summed E-state index contributed by atoms with van der Waals surface area (Å²) >= 11 is 0. The van der Waals surface area contributed by atoms with Gasteiger partial charge < -0.3 is 29.5 Å². The normalized spacial score (nSPS) is 13.4. The minimum atomic E-state index is -3.43. The molecule has 0 heterocycles. The maximum Gasteiger partial charge on any atom is 0.360 e. The van der Waals surface area contributed by atoms with Gasteiger partial charge in [0.25, 0.3) is 0 Å². The van der Waals surface area contributed by atoms with Crippen molar-refractivity contribution in [2.24, 2.45) is 0 Å². The van der Waals surface area contributed by atoms with Gasteiger partial charge in [0.05, 0.1) is 19.8 Å². The molecular weight excluding hydrogens is 400 g/mol. The monoisotopic (exact) mass is 418 g/mol. The molecule has 10 heteroatoms. The van der Waals surface area contributed by atoms with Gasteiger partial charge in [-0.1, -0.05) is 0 Å². The van der Waals surface area contributed by atoms with Crippen molar-refractivity contribution in [1.82, 2.24) is 0 Å². The fraction of sp³-hybridized carbons (Fsp3) is 0.200. The van der Waals surface area contributed by atoms with Crippen LogP contribution in [0.25, 0.3) is 0 Å². The Hall–Kier alpha value is -3.92. The Bertz CT molecular complexity index is 949. The highest BCUT2D eigenvalue weighted by atomic mass is 16.6. The van der Waals surface area contributed by atoms with E-state index in [2.05, 4.69) is 0 Å². The van der Waals surface area contributed by atoms with Crippen molar-refractivity contribution in [3.63, 3.8) is 0 Å². The topological polar surface area (TPSA) is 157 Å². The number of rotatable bonds is 9. The third kappa shape index (κ3) is 4.23. The summed E-state index contributed by atoms with van der Waals surface area (Å²) < 4.78 is 14.8. The Balaban J connectivity index is 2.53. The van der Waals surface area contributed by atoms with E-state index in [1.165, 1.54) is 50.6 Å². The Morgan fingerprint density at radius 3 is 1.60 bits per heavy atom. The Morgan fingerprint density at radius 1 is 0.800 bits per heavy atom. The molecule has 0 fully saturated rings. The average Bonchev–Trinajstić information content (AvgIpc) is 2.76. The predicted octanol–water partition coefficient (Wildman–Crippen LogP) is 1.01. The summed E-state index contributed by atoms with van der Waals surface area (Å²) in [6, 6.07) is 10.1. The second-order valence-electron chi connectivity index (χ2n) is 5.96. The minimum absolute atomic E-state index is 0.193. The highest BCUT2D eigenvalue weighted by Gasteiger charge is 2.59. The van der Waals surface area contributed by atoms with E-state index in [-0.39, 0.29) is 11.1 Å². The van der Waals surface area contributed by atoms with Gasteiger partial charge >= 0.3 is 23.5 Å². The summed E-state index contributed by atoms with van der Waals surface area (Å²) in [5.74, 6) is -6.27. The zero-order valence-electron chi connectivity index (χ0n) is 15.9. The van der Waals surface area contributed by atoms with E-state index in [0.29, 0.717) is 11.5 Å². The van der Waals surface area contributed by atoms with E-state index in [0.717, 1.165) is 12.1 Å². The summed E-state index contributed by atoms with van der Waals surface area (Å²) in [6.45, 7) is 0. The van der Waals surface area contributed by atoms with Crippen LogP contribution in [0.15, 0.2) is 48.5 Å². The molecule has 3 N–H and O–H groups in total. The molecule has 30 heavy (non-hydrogen) atoms. The van der Waals surface area contributed by atoms with Crippen molar-refractivity contribution >= 4 is 23.7 Å². The molecule has 0 spiro atoms. The molecule has 0 aliphatic heterocycles. The highest BCUT2D eigenvalue weighted by molar-refractivity contribution is 6.19. The third-order valence-electron chi connectivity index (χ3n) is 4.21. The maximum atomic E-state index is 13.0. The number of benzene rings is 2. The number of aliphatic hydroxyl groups excluding tert-OH is 1. The Labute approximate surface area is 170 Å². The van der Waals surface area contributed by atoms with Crippen LogP contribution in [0.1, 0.15) is 20.7 Å². The van der Waals surface area contributed by atoms with Gasteiger partial charge in [-0.05, 0) is 48.5 Å². The molecule has 2 aromatic rings. The van der Waals surface area contributed by atoms with Crippen molar-refractivity contribution < 1.29 is 48.7 Å². The first-order valence-corrected chi connectivity index (χ1v) is 8.37. The number of aliphatic hydroxyl groups is 1. The molecule has 2 rings (SSSR count). The molecule has 0 amide bonds. The second kappa shape index (κ2) is 9.05. The van der Waals surface area contributed by atoms with Crippen LogP contribution in [-0.4, -0.2) is 64.9 Å². The fourth-order valence-electron chi connectivity index (χ4n) is 2.55. The van der Waals surface area contributed by atoms with E-state index in [9.17, 15) is 34.5 Å². The number of aliphatic carboxylic acids is 2. The van der Waals surface area contributed by atoms with E-state index in [1.807, 2.05) is 0 Å². The highest BCUT2D eigenvalue weighted by Crippen LogP contribution is 2.27. The predicted molar refractivity (Wildman–Crippen MR) is 99.7 cm³/mol. The Kier molecular flexibility index (Phi) is 6.75. The van der Waals surface area contributed by atoms with Crippen molar-refractivity contribution in [3.8, 4) is 11.5 Å². The first-order valence-electron chi connectivity index (χ1n) is 8.37. The summed E-state index contributed by atoms with van der Waals surface area (Å²) in [5, 5.41) is 29.0. The van der Waals surface area contributed by atoms with E-state index in [1.54, 1.807) is 0 Å². The lowest BCUT2D eigenvalue weighted by molar-refractivity contribution is -0.176. The zero-order chi connectivity index (χ0) is 22.5. The quantitative estimate of drug-likeness (QED) is 0.305. The van der Waals surface area contributed by atoms with E-state index >= 15 is 0 Å². The summed E-state index contributed by atoms with van der Waals surface area (Å²) in [4.78, 5) is 48.9. The number of carboxylic acid groups (broad SMARTS) is 2. The van der Waals surface area contributed by atoms with Crippen molar-refractivity contribution in [2.75, 3.05) is 14.2 Å². The number of ketones is 1. The standard InChI is InChI=1S/C20H18O10/c1-28-13-7-3-11(4-8-13)15(21)20(19(26)27,16(22)17(23)24)30-18(25)12-5-9-14(29-2)10-6-12/h3-10,16,22H,1-2H3,(H,23,24)(H,26,27). The summed E-state index contributed by atoms with van der Waals surface area (Å²) in [7, 11) is 2.75. The third-order valence-corrected chi connectivity index (χ3v) is 4.21. The number of carbonyl (C=O) groups is 4. The van der Waals surface area contributed by atoms with Crippen LogP contribution >= 0.6 is 0 Å². The smallest absolute Gasteiger partial charge is 0.360 e. The molecule has 0 saturated carbocycles. The molecule has 10 nitrogen and oxygen atoms in total. The molecule has 0 aliphatic carbocycles. The van der Waals surface area contributed by atoms with Gasteiger partial charge in [0, 0.05) is 5.56 Å². The first-order chi connectivity index (χ1) is 14.2. The number of carboxylic acids is 2. The molecule has 0 aromatic heterocycles. The number of carbonyl (C=O) groups excluding carboxylic acids is 2. The molecule has 0 bridgehead atoms. The van der Waals surface area contributed by atoms with Gasteiger partial charge in [-0.25, -0.2) is 14.4 Å². The number of Topliss-reactive ketones (excluding diaryl/α,β-unsaturated/α-hetero) is 1.